The first-order valence-electron chi connectivity index (χ1n) is 8.90. The summed E-state index contributed by atoms with van der Waals surface area (Å²) in [5.74, 6) is 0.552. The highest BCUT2D eigenvalue weighted by Crippen LogP contribution is 2.54. The summed E-state index contributed by atoms with van der Waals surface area (Å²) in [6, 6.07) is 4.25. The molecule has 2 aromatic heterocycles. The summed E-state index contributed by atoms with van der Waals surface area (Å²) >= 11 is 0. The van der Waals surface area contributed by atoms with Crippen LogP contribution >= 0.6 is 0 Å². The standard InChI is InChI=1S/C19H20N4O/c20-10-14-17(23-7-5-19(3-4-19)6-8-23)13-9-15(12-1-2-12)21-11-16(13)22-18(14)24/h9,11-12H,1-8H2,(H,22,24). The highest BCUT2D eigenvalue weighted by atomic mass is 16.1. The summed E-state index contributed by atoms with van der Waals surface area (Å²) in [6.45, 7) is 1.88. The van der Waals surface area contributed by atoms with Crippen molar-refractivity contribution >= 4 is 16.6 Å². The Labute approximate surface area is 140 Å². The quantitative estimate of drug-likeness (QED) is 0.923. The molecule has 0 atom stereocenters. The van der Waals surface area contributed by atoms with Gasteiger partial charge in [0.2, 0.25) is 0 Å². The Morgan fingerprint density at radius 1 is 1.25 bits per heavy atom. The Bertz CT molecular complexity index is 921. The third-order valence-electron chi connectivity index (χ3n) is 6.10. The van der Waals surface area contributed by atoms with Crippen LogP contribution in [-0.4, -0.2) is 23.1 Å². The molecule has 0 bridgehead atoms. The number of rotatable bonds is 2. The molecule has 0 amide bonds. The van der Waals surface area contributed by atoms with Crippen LogP contribution < -0.4 is 10.5 Å². The van der Waals surface area contributed by atoms with Crippen LogP contribution in [0.3, 0.4) is 0 Å². The van der Waals surface area contributed by atoms with E-state index >= 15 is 0 Å². The lowest BCUT2D eigenvalue weighted by molar-refractivity contribution is 0.385. The number of hydrogen-bond acceptors (Lipinski definition) is 4. The molecule has 5 rings (SSSR count). The van der Waals surface area contributed by atoms with Gasteiger partial charge in [-0.15, -0.1) is 0 Å². The maximum absolute atomic E-state index is 12.4. The van der Waals surface area contributed by atoms with Gasteiger partial charge < -0.3 is 9.88 Å². The third-order valence-corrected chi connectivity index (χ3v) is 6.10. The number of aromatic amines is 1. The zero-order valence-corrected chi connectivity index (χ0v) is 13.6. The Balaban J connectivity index is 1.67. The number of nitriles is 1. The molecule has 0 radical (unpaired) electrons. The number of aromatic nitrogens is 2. The highest BCUT2D eigenvalue weighted by molar-refractivity contribution is 5.94. The van der Waals surface area contributed by atoms with E-state index in [1.807, 2.05) is 0 Å². The van der Waals surface area contributed by atoms with Gasteiger partial charge in [-0.25, -0.2) is 0 Å². The van der Waals surface area contributed by atoms with Crippen LogP contribution in [-0.2, 0) is 0 Å². The maximum Gasteiger partial charge on any atom is 0.268 e. The van der Waals surface area contributed by atoms with E-state index in [4.69, 9.17) is 0 Å². The van der Waals surface area contributed by atoms with E-state index in [0.717, 1.165) is 35.4 Å². The van der Waals surface area contributed by atoms with Crippen molar-refractivity contribution in [2.75, 3.05) is 18.0 Å². The lowest BCUT2D eigenvalue weighted by Crippen LogP contribution is -2.36. The van der Waals surface area contributed by atoms with Crippen molar-refractivity contribution in [2.24, 2.45) is 5.41 Å². The fourth-order valence-electron chi connectivity index (χ4n) is 4.11. The van der Waals surface area contributed by atoms with Crippen LogP contribution in [0.1, 0.15) is 55.7 Å². The third kappa shape index (κ3) is 2.13. The Hall–Kier alpha value is -2.35. The minimum atomic E-state index is -0.298. The van der Waals surface area contributed by atoms with Gasteiger partial charge in [-0.3, -0.25) is 9.78 Å². The molecule has 2 saturated carbocycles. The van der Waals surface area contributed by atoms with E-state index in [1.54, 1.807) is 6.20 Å². The van der Waals surface area contributed by atoms with E-state index in [9.17, 15) is 10.1 Å². The van der Waals surface area contributed by atoms with Crippen LogP contribution in [0.2, 0.25) is 0 Å². The average Bonchev–Trinajstić information content (AvgIpc) is 3.50. The summed E-state index contributed by atoms with van der Waals surface area (Å²) in [4.78, 5) is 22.0. The van der Waals surface area contributed by atoms with Crippen molar-refractivity contribution in [2.45, 2.75) is 44.4 Å². The maximum atomic E-state index is 12.4. The van der Waals surface area contributed by atoms with Crippen molar-refractivity contribution in [3.05, 3.63) is 33.9 Å². The molecule has 3 fully saturated rings. The second-order valence-electron chi connectivity index (χ2n) is 7.71. The molecule has 1 aliphatic heterocycles. The van der Waals surface area contributed by atoms with Crippen LogP contribution in [0.25, 0.3) is 10.9 Å². The summed E-state index contributed by atoms with van der Waals surface area (Å²) in [5, 5.41) is 10.6. The van der Waals surface area contributed by atoms with Gasteiger partial charge in [0.15, 0.2) is 0 Å². The number of nitrogens with one attached hydrogen (secondary N) is 1. The highest BCUT2D eigenvalue weighted by Gasteiger charge is 2.44. The van der Waals surface area contributed by atoms with Crippen molar-refractivity contribution < 1.29 is 0 Å². The Morgan fingerprint density at radius 2 is 2.00 bits per heavy atom. The largest absolute Gasteiger partial charge is 0.370 e. The van der Waals surface area contributed by atoms with Gasteiger partial charge in [-0.05, 0) is 50.0 Å². The van der Waals surface area contributed by atoms with Gasteiger partial charge in [-0.2, -0.15) is 5.26 Å². The monoisotopic (exact) mass is 320 g/mol. The SMILES string of the molecule is N#Cc1c(N2CCC3(CC2)CC3)c2cc(C3CC3)ncc2[nH]c1=O. The molecule has 2 aromatic rings. The molecule has 3 heterocycles. The van der Waals surface area contributed by atoms with Gasteiger partial charge in [0, 0.05) is 30.1 Å². The summed E-state index contributed by atoms with van der Waals surface area (Å²) in [7, 11) is 0. The van der Waals surface area contributed by atoms with Gasteiger partial charge in [-0.1, -0.05) is 0 Å². The van der Waals surface area contributed by atoms with Gasteiger partial charge in [0.05, 0.1) is 17.4 Å². The molecule has 2 aliphatic carbocycles. The van der Waals surface area contributed by atoms with Gasteiger partial charge >= 0.3 is 0 Å². The van der Waals surface area contributed by atoms with Crippen molar-refractivity contribution in [3.8, 4) is 6.07 Å². The number of hydrogen-bond donors (Lipinski definition) is 1. The molecule has 1 spiro atoms. The molecule has 122 valence electrons. The lowest BCUT2D eigenvalue weighted by atomic mass is 9.92. The number of pyridine rings is 2. The zero-order chi connectivity index (χ0) is 16.3. The number of fused-ring (bicyclic) bond motifs is 1. The van der Waals surface area contributed by atoms with E-state index < -0.39 is 0 Å². The van der Waals surface area contributed by atoms with Crippen LogP contribution in [0.15, 0.2) is 17.1 Å². The molecular weight excluding hydrogens is 300 g/mol. The number of H-pyrrole nitrogens is 1. The van der Waals surface area contributed by atoms with Gasteiger partial charge in [0.25, 0.3) is 5.56 Å². The topological polar surface area (TPSA) is 72.8 Å². The zero-order valence-electron chi connectivity index (χ0n) is 13.6. The minimum absolute atomic E-state index is 0.252. The number of anilines is 1. The minimum Gasteiger partial charge on any atom is -0.370 e. The lowest BCUT2D eigenvalue weighted by Gasteiger charge is -2.34. The summed E-state index contributed by atoms with van der Waals surface area (Å²) < 4.78 is 0. The van der Waals surface area contributed by atoms with Crippen LogP contribution in [0.5, 0.6) is 0 Å². The second kappa shape index (κ2) is 4.83. The number of nitrogens with zero attached hydrogens (tertiary/aromatic N) is 3. The van der Waals surface area contributed by atoms with Crippen molar-refractivity contribution in [1.29, 1.82) is 5.26 Å². The van der Waals surface area contributed by atoms with Gasteiger partial charge in [0.1, 0.15) is 11.6 Å². The summed E-state index contributed by atoms with van der Waals surface area (Å²) in [6.07, 6.45) is 9.18. The first-order chi connectivity index (χ1) is 11.7. The Kier molecular flexibility index (Phi) is 2.82. The molecular formula is C19H20N4O. The van der Waals surface area contributed by atoms with Crippen LogP contribution in [0, 0.1) is 16.7 Å². The van der Waals surface area contributed by atoms with Crippen molar-refractivity contribution in [1.82, 2.24) is 9.97 Å². The fourth-order valence-corrected chi connectivity index (χ4v) is 4.11. The van der Waals surface area contributed by atoms with E-state index in [2.05, 4.69) is 27.0 Å². The predicted octanol–water partition coefficient (Wildman–Crippen LogP) is 3.05. The average molecular weight is 320 g/mol. The molecule has 5 heteroatoms. The van der Waals surface area contributed by atoms with E-state index in [1.165, 1.54) is 38.5 Å². The molecule has 0 aromatic carbocycles. The van der Waals surface area contributed by atoms with E-state index in [0.29, 0.717) is 11.3 Å². The molecule has 0 unspecified atom stereocenters. The van der Waals surface area contributed by atoms with Crippen molar-refractivity contribution in [3.63, 3.8) is 0 Å². The molecule has 1 saturated heterocycles. The first-order valence-corrected chi connectivity index (χ1v) is 8.90. The Morgan fingerprint density at radius 3 is 2.62 bits per heavy atom. The predicted molar refractivity (Wildman–Crippen MR) is 92.2 cm³/mol. The number of piperidine rings is 1. The second-order valence-corrected chi connectivity index (χ2v) is 7.71. The molecule has 3 aliphatic rings. The normalized spacial score (nSPS) is 21.9. The van der Waals surface area contributed by atoms with Crippen LogP contribution in [0.4, 0.5) is 5.69 Å². The molecule has 1 N–H and O–H groups in total. The molecule has 5 nitrogen and oxygen atoms in total. The summed E-state index contributed by atoms with van der Waals surface area (Å²) in [5.41, 5.74) is 3.19. The first kappa shape index (κ1) is 14.0. The smallest absolute Gasteiger partial charge is 0.268 e. The fraction of sp³-hybridized carbons (Fsp3) is 0.526. The van der Waals surface area contributed by atoms with E-state index in [-0.39, 0.29) is 11.1 Å². The molecule has 24 heavy (non-hydrogen) atoms.